The second-order valence-corrected chi connectivity index (χ2v) is 7.89. The minimum atomic E-state index is -0.806. The lowest BCUT2D eigenvalue weighted by molar-refractivity contribution is -0.384. The molecule has 1 amide bonds. The first-order valence-electron chi connectivity index (χ1n) is 11.3. The number of nitrogens with two attached hydrogens (primary N) is 1. The van der Waals surface area contributed by atoms with E-state index in [0.29, 0.717) is 19.4 Å². The molecule has 0 aliphatic carbocycles. The average Bonchev–Trinajstić information content (AvgIpc) is 2.84. The van der Waals surface area contributed by atoms with E-state index in [-0.39, 0.29) is 41.5 Å². The molecule has 0 unspecified atom stereocenters. The van der Waals surface area contributed by atoms with Gasteiger partial charge in [-0.05, 0) is 31.0 Å². The number of H-pyrrole nitrogens is 1. The first-order chi connectivity index (χ1) is 16.8. The van der Waals surface area contributed by atoms with Crippen molar-refractivity contribution >= 4 is 28.8 Å². The number of rotatable bonds is 10. The molecule has 11 nitrogen and oxygen atoms in total. The number of unbranched alkanes of at least 4 members (excludes halogenated alkanes) is 1. The number of hydrogen-bond acceptors (Lipinski definition) is 7. The number of benzene rings is 2. The minimum Gasteiger partial charge on any atom is -0.383 e. The predicted octanol–water partition coefficient (Wildman–Crippen LogP) is 2.95. The maximum absolute atomic E-state index is 13.5. The highest BCUT2D eigenvalue weighted by atomic mass is 16.6. The number of anilines is 3. The molecular weight excluding hydrogens is 452 g/mol. The van der Waals surface area contributed by atoms with Crippen LogP contribution in [0.3, 0.4) is 0 Å². The number of nitrogens with zero attached hydrogens (tertiary/aromatic N) is 3. The van der Waals surface area contributed by atoms with Crippen molar-refractivity contribution in [1.29, 1.82) is 0 Å². The van der Waals surface area contributed by atoms with E-state index < -0.39 is 22.1 Å². The molecule has 0 spiro atoms. The Morgan fingerprint density at radius 1 is 1.17 bits per heavy atom. The van der Waals surface area contributed by atoms with E-state index in [1.807, 2.05) is 37.3 Å². The summed E-state index contributed by atoms with van der Waals surface area (Å²) in [5.74, 6) is -0.794. The van der Waals surface area contributed by atoms with Gasteiger partial charge in [-0.1, -0.05) is 43.7 Å². The lowest BCUT2D eigenvalue weighted by atomic mass is 10.1. The average molecular weight is 481 g/mol. The van der Waals surface area contributed by atoms with Crippen LogP contribution in [-0.2, 0) is 6.54 Å². The quantitative estimate of drug-likeness (QED) is 0.297. The van der Waals surface area contributed by atoms with Crippen molar-refractivity contribution in [2.75, 3.05) is 29.0 Å². The number of aromatic nitrogens is 2. The number of aromatic amines is 1. The van der Waals surface area contributed by atoms with Gasteiger partial charge < -0.3 is 16.0 Å². The Bertz CT molecular complexity index is 1330. The number of carbonyl (C=O) groups excluding carboxylic acids is 1. The molecule has 0 saturated carbocycles. The molecule has 0 aliphatic heterocycles. The Morgan fingerprint density at radius 3 is 2.51 bits per heavy atom. The molecule has 3 rings (SSSR count). The second-order valence-electron chi connectivity index (χ2n) is 7.89. The number of nitro benzene ring substituents is 1. The van der Waals surface area contributed by atoms with Crippen molar-refractivity contribution in [3.8, 4) is 0 Å². The summed E-state index contributed by atoms with van der Waals surface area (Å²) >= 11 is 0. The van der Waals surface area contributed by atoms with Gasteiger partial charge in [0.2, 0.25) is 0 Å². The summed E-state index contributed by atoms with van der Waals surface area (Å²) in [4.78, 5) is 53.4. The summed E-state index contributed by atoms with van der Waals surface area (Å²) in [5, 5.41) is 14.5. The third-order valence-electron chi connectivity index (χ3n) is 5.46. The lowest BCUT2D eigenvalue weighted by Gasteiger charge is -2.24. The molecule has 0 atom stereocenters. The third kappa shape index (κ3) is 5.57. The Kier molecular flexibility index (Phi) is 8.03. The van der Waals surface area contributed by atoms with Gasteiger partial charge >= 0.3 is 5.69 Å². The Balaban J connectivity index is 2.11. The van der Waals surface area contributed by atoms with Crippen LogP contribution < -0.4 is 27.2 Å². The van der Waals surface area contributed by atoms with Crippen LogP contribution in [0.5, 0.6) is 0 Å². The van der Waals surface area contributed by atoms with Crippen molar-refractivity contribution < 1.29 is 9.72 Å². The highest BCUT2D eigenvalue weighted by Gasteiger charge is 2.27. The van der Waals surface area contributed by atoms with Crippen LogP contribution in [-0.4, -0.2) is 33.5 Å². The molecule has 3 aromatic rings. The second kappa shape index (κ2) is 11.1. The van der Waals surface area contributed by atoms with E-state index in [2.05, 4.69) is 10.3 Å². The molecule has 0 aliphatic rings. The summed E-state index contributed by atoms with van der Waals surface area (Å²) in [6.07, 6.45) is 1.25. The molecule has 2 aromatic carbocycles. The van der Waals surface area contributed by atoms with Crippen LogP contribution in [0, 0.1) is 10.1 Å². The molecule has 0 bridgehead atoms. The van der Waals surface area contributed by atoms with Gasteiger partial charge in [-0.2, -0.15) is 0 Å². The molecule has 4 N–H and O–H groups in total. The number of hydrogen-bond donors (Lipinski definition) is 3. The van der Waals surface area contributed by atoms with Crippen molar-refractivity contribution in [3.05, 3.63) is 90.6 Å². The maximum Gasteiger partial charge on any atom is 0.330 e. The number of nitrogens with one attached hydrogen (secondary N) is 2. The van der Waals surface area contributed by atoms with Crippen LogP contribution in [0.2, 0.25) is 0 Å². The Labute approximate surface area is 201 Å². The molecule has 0 fully saturated rings. The van der Waals surface area contributed by atoms with Crippen LogP contribution >= 0.6 is 0 Å². The van der Waals surface area contributed by atoms with E-state index >= 15 is 0 Å². The molecule has 184 valence electrons. The summed E-state index contributed by atoms with van der Waals surface area (Å²) in [6.45, 7) is 4.41. The Morgan fingerprint density at radius 2 is 1.89 bits per heavy atom. The van der Waals surface area contributed by atoms with E-state index in [0.717, 1.165) is 5.56 Å². The van der Waals surface area contributed by atoms with Gasteiger partial charge in [-0.3, -0.25) is 29.3 Å². The minimum absolute atomic E-state index is 0.0223. The Hall–Kier alpha value is -4.41. The third-order valence-corrected chi connectivity index (χ3v) is 5.46. The standard InChI is InChI=1S/C24H28N6O5/c1-3-5-13-28(23(32)17-11-12-18(26-4-2)19(14-17)30(34)35)20-21(25)29(24(33)27-22(20)31)15-16-9-7-6-8-10-16/h6-12,14,26H,3-5,13,15,25H2,1-2H3,(H,27,31,33). The van der Waals surface area contributed by atoms with E-state index in [4.69, 9.17) is 5.73 Å². The molecule has 1 aromatic heterocycles. The predicted molar refractivity (Wildman–Crippen MR) is 135 cm³/mol. The van der Waals surface area contributed by atoms with Crippen LogP contribution in [0.4, 0.5) is 22.9 Å². The van der Waals surface area contributed by atoms with Crippen LogP contribution in [0.25, 0.3) is 0 Å². The lowest BCUT2D eigenvalue weighted by Crippen LogP contribution is -2.41. The van der Waals surface area contributed by atoms with E-state index in [1.165, 1.54) is 27.7 Å². The van der Waals surface area contributed by atoms with Gasteiger partial charge in [0.25, 0.3) is 17.2 Å². The normalized spacial score (nSPS) is 10.7. The van der Waals surface area contributed by atoms with Crippen molar-refractivity contribution in [2.45, 2.75) is 33.2 Å². The van der Waals surface area contributed by atoms with Gasteiger partial charge in [0, 0.05) is 24.7 Å². The summed E-state index contributed by atoms with van der Waals surface area (Å²) < 4.78 is 1.19. The van der Waals surface area contributed by atoms with Crippen molar-refractivity contribution in [3.63, 3.8) is 0 Å². The highest BCUT2D eigenvalue weighted by Crippen LogP contribution is 2.28. The largest absolute Gasteiger partial charge is 0.383 e. The van der Waals surface area contributed by atoms with Crippen LogP contribution in [0.1, 0.15) is 42.6 Å². The SMILES string of the molecule is CCCCN(C(=O)c1ccc(NCC)c([N+](=O)[O-])c1)c1c(N)n(Cc2ccccc2)c(=O)[nH]c1=O. The van der Waals surface area contributed by atoms with Gasteiger partial charge in [-0.15, -0.1) is 0 Å². The zero-order valence-corrected chi connectivity index (χ0v) is 19.6. The fourth-order valence-electron chi connectivity index (χ4n) is 3.70. The van der Waals surface area contributed by atoms with Gasteiger partial charge in [0.05, 0.1) is 11.5 Å². The van der Waals surface area contributed by atoms with Gasteiger partial charge in [-0.25, -0.2) is 4.79 Å². The number of nitrogen functional groups attached to an aromatic ring is 1. The molecular formula is C24H28N6O5. The first-order valence-corrected chi connectivity index (χ1v) is 11.3. The number of carbonyl (C=O) groups is 1. The summed E-state index contributed by atoms with van der Waals surface area (Å²) in [6, 6.07) is 13.1. The first kappa shape index (κ1) is 25.2. The van der Waals surface area contributed by atoms with E-state index in [1.54, 1.807) is 6.92 Å². The maximum atomic E-state index is 13.5. The fraction of sp³-hybridized carbons (Fsp3) is 0.292. The zero-order chi connectivity index (χ0) is 25.5. The summed E-state index contributed by atoms with van der Waals surface area (Å²) in [7, 11) is 0. The number of amides is 1. The molecule has 0 saturated heterocycles. The topological polar surface area (TPSA) is 156 Å². The molecule has 35 heavy (non-hydrogen) atoms. The van der Waals surface area contributed by atoms with Gasteiger partial charge in [0.15, 0.2) is 5.69 Å². The molecule has 11 heteroatoms. The molecule has 1 heterocycles. The van der Waals surface area contributed by atoms with Gasteiger partial charge in [0.1, 0.15) is 11.5 Å². The smallest absolute Gasteiger partial charge is 0.330 e. The number of nitro groups is 1. The monoisotopic (exact) mass is 480 g/mol. The summed E-state index contributed by atoms with van der Waals surface area (Å²) in [5.41, 5.74) is 5.44. The van der Waals surface area contributed by atoms with E-state index in [9.17, 15) is 24.5 Å². The van der Waals surface area contributed by atoms with Crippen molar-refractivity contribution in [2.24, 2.45) is 0 Å². The highest BCUT2D eigenvalue weighted by molar-refractivity contribution is 6.08. The van der Waals surface area contributed by atoms with Crippen molar-refractivity contribution in [1.82, 2.24) is 9.55 Å². The van der Waals surface area contributed by atoms with Crippen LogP contribution in [0.15, 0.2) is 58.1 Å². The fourth-order valence-corrected chi connectivity index (χ4v) is 3.70. The zero-order valence-electron chi connectivity index (χ0n) is 19.6. The molecule has 0 radical (unpaired) electrons.